The molecule has 0 fully saturated rings. The lowest BCUT2D eigenvalue weighted by Crippen LogP contribution is -2.22. The molecule has 3 rings (SSSR count). The van der Waals surface area contributed by atoms with Crippen LogP contribution in [0.5, 0.6) is 5.75 Å². The number of benzene rings is 1. The number of amides is 2. The Morgan fingerprint density at radius 2 is 2.00 bits per heavy atom. The monoisotopic (exact) mass is 418 g/mol. The Labute approximate surface area is 169 Å². The molecule has 0 aliphatic heterocycles. The third kappa shape index (κ3) is 5.54. The van der Waals surface area contributed by atoms with Crippen molar-refractivity contribution in [2.45, 2.75) is 26.3 Å². The molecule has 28 heavy (non-hydrogen) atoms. The minimum Gasteiger partial charge on any atom is -0.497 e. The van der Waals surface area contributed by atoms with Crippen LogP contribution in [0.15, 0.2) is 24.3 Å². The van der Waals surface area contributed by atoms with Crippen molar-refractivity contribution in [3.05, 3.63) is 44.9 Å². The summed E-state index contributed by atoms with van der Waals surface area (Å²) in [6.45, 7) is 2.22. The van der Waals surface area contributed by atoms with Gasteiger partial charge in [-0.05, 0) is 24.6 Å². The van der Waals surface area contributed by atoms with E-state index < -0.39 is 0 Å². The fraction of sp³-hybridized carbons (Fsp3) is 0.294. The van der Waals surface area contributed by atoms with Crippen LogP contribution in [0.3, 0.4) is 0 Å². The first-order valence-corrected chi connectivity index (χ1v) is 10.0. The lowest BCUT2D eigenvalue weighted by Gasteiger charge is -2.06. The molecule has 2 aromatic heterocycles. The van der Waals surface area contributed by atoms with Gasteiger partial charge in [0, 0.05) is 19.4 Å². The van der Waals surface area contributed by atoms with E-state index in [1.54, 1.807) is 14.0 Å². The summed E-state index contributed by atoms with van der Waals surface area (Å²) in [5, 5.41) is 23.0. The molecule has 3 aromatic rings. The fourth-order valence-electron chi connectivity index (χ4n) is 2.24. The lowest BCUT2D eigenvalue weighted by molar-refractivity contribution is -0.121. The van der Waals surface area contributed by atoms with Gasteiger partial charge in [-0.3, -0.25) is 14.9 Å². The van der Waals surface area contributed by atoms with E-state index in [1.165, 1.54) is 11.3 Å². The maximum absolute atomic E-state index is 12.1. The third-order valence-corrected chi connectivity index (χ3v) is 5.33. The molecule has 0 aliphatic rings. The van der Waals surface area contributed by atoms with Gasteiger partial charge in [-0.2, -0.15) is 0 Å². The van der Waals surface area contributed by atoms with Gasteiger partial charge < -0.3 is 10.1 Å². The number of aryl methyl sites for hydroxylation is 2. The van der Waals surface area contributed by atoms with Crippen LogP contribution in [0.2, 0.25) is 0 Å². The standard InChI is InChI=1S/C17H18N6O3S2/c1-10-20-23-17(27-10)19-15(25)16-22-21-14(28-16)7-6-13(24)18-9-11-4-3-5-12(8-11)26-2/h3-5,8H,6-7,9H2,1-2H3,(H,18,24)(H,19,23,25). The number of anilines is 1. The van der Waals surface area contributed by atoms with Gasteiger partial charge in [0.1, 0.15) is 15.8 Å². The van der Waals surface area contributed by atoms with E-state index in [9.17, 15) is 9.59 Å². The maximum atomic E-state index is 12.1. The van der Waals surface area contributed by atoms with Gasteiger partial charge in [0.2, 0.25) is 16.0 Å². The molecule has 0 unspecified atom stereocenters. The van der Waals surface area contributed by atoms with E-state index in [4.69, 9.17) is 4.74 Å². The smallest absolute Gasteiger partial charge is 0.288 e. The minimum absolute atomic E-state index is 0.103. The SMILES string of the molecule is COc1cccc(CNC(=O)CCc2nnc(C(=O)Nc3nnc(C)s3)s2)c1. The molecule has 2 amide bonds. The Morgan fingerprint density at radius 3 is 2.75 bits per heavy atom. The highest BCUT2D eigenvalue weighted by Crippen LogP contribution is 2.17. The second kappa shape index (κ2) is 9.33. The van der Waals surface area contributed by atoms with Gasteiger partial charge in [-0.15, -0.1) is 20.4 Å². The minimum atomic E-state index is -0.387. The van der Waals surface area contributed by atoms with Crippen LogP contribution in [0, 0.1) is 6.92 Å². The number of hydrogen-bond acceptors (Lipinski definition) is 9. The van der Waals surface area contributed by atoms with Crippen LogP contribution in [-0.4, -0.2) is 39.3 Å². The van der Waals surface area contributed by atoms with E-state index in [-0.39, 0.29) is 23.2 Å². The molecule has 146 valence electrons. The van der Waals surface area contributed by atoms with Crippen molar-refractivity contribution in [1.29, 1.82) is 0 Å². The Morgan fingerprint density at radius 1 is 1.14 bits per heavy atom. The average molecular weight is 419 g/mol. The van der Waals surface area contributed by atoms with Crippen molar-refractivity contribution >= 4 is 39.6 Å². The molecule has 0 radical (unpaired) electrons. The first-order chi connectivity index (χ1) is 13.5. The molecule has 0 saturated heterocycles. The van der Waals surface area contributed by atoms with Crippen molar-refractivity contribution in [3.63, 3.8) is 0 Å². The summed E-state index contributed by atoms with van der Waals surface area (Å²) in [4.78, 5) is 24.2. The van der Waals surface area contributed by atoms with Gasteiger partial charge in [0.25, 0.3) is 5.91 Å². The molecule has 0 atom stereocenters. The maximum Gasteiger partial charge on any atom is 0.288 e. The van der Waals surface area contributed by atoms with Crippen LogP contribution >= 0.6 is 22.7 Å². The van der Waals surface area contributed by atoms with Gasteiger partial charge >= 0.3 is 0 Å². The Kier molecular flexibility index (Phi) is 6.61. The molecule has 2 N–H and O–H groups in total. The molecule has 0 aliphatic carbocycles. The third-order valence-electron chi connectivity index (χ3n) is 3.60. The number of nitrogens with one attached hydrogen (secondary N) is 2. The normalized spacial score (nSPS) is 10.5. The number of hydrogen-bond donors (Lipinski definition) is 2. The van der Waals surface area contributed by atoms with Crippen molar-refractivity contribution < 1.29 is 14.3 Å². The Bertz CT molecular complexity index is 971. The Hall–Kier alpha value is -2.92. The number of rotatable bonds is 8. The number of carbonyl (C=O) groups is 2. The van der Waals surface area contributed by atoms with Crippen LogP contribution < -0.4 is 15.4 Å². The highest BCUT2D eigenvalue weighted by atomic mass is 32.1. The fourth-order valence-corrected chi connectivity index (χ4v) is 3.56. The largest absolute Gasteiger partial charge is 0.497 e. The van der Waals surface area contributed by atoms with Gasteiger partial charge in [0.05, 0.1) is 7.11 Å². The molecule has 11 heteroatoms. The average Bonchev–Trinajstić information content (AvgIpc) is 3.34. The van der Waals surface area contributed by atoms with Crippen molar-refractivity contribution in [3.8, 4) is 5.75 Å². The predicted molar refractivity (Wildman–Crippen MR) is 106 cm³/mol. The van der Waals surface area contributed by atoms with E-state index in [0.29, 0.717) is 23.1 Å². The highest BCUT2D eigenvalue weighted by molar-refractivity contribution is 7.15. The zero-order valence-electron chi connectivity index (χ0n) is 15.3. The molecule has 1 aromatic carbocycles. The second-order valence-electron chi connectivity index (χ2n) is 5.71. The topological polar surface area (TPSA) is 119 Å². The summed E-state index contributed by atoms with van der Waals surface area (Å²) < 4.78 is 5.16. The number of aromatic nitrogens is 4. The number of nitrogens with zero attached hydrogens (tertiary/aromatic N) is 4. The summed E-state index contributed by atoms with van der Waals surface area (Å²) >= 11 is 2.43. The summed E-state index contributed by atoms with van der Waals surface area (Å²) in [6.07, 6.45) is 0.669. The van der Waals surface area contributed by atoms with Crippen molar-refractivity contribution in [1.82, 2.24) is 25.7 Å². The molecule has 0 saturated carbocycles. The van der Waals surface area contributed by atoms with E-state index >= 15 is 0 Å². The van der Waals surface area contributed by atoms with E-state index in [2.05, 4.69) is 31.0 Å². The van der Waals surface area contributed by atoms with Crippen LogP contribution in [0.1, 0.15) is 31.8 Å². The molecular formula is C17H18N6O3S2. The lowest BCUT2D eigenvalue weighted by atomic mass is 10.2. The van der Waals surface area contributed by atoms with Crippen LogP contribution in [0.25, 0.3) is 0 Å². The predicted octanol–water partition coefficient (Wildman–Crippen LogP) is 2.21. The molecule has 2 heterocycles. The zero-order chi connectivity index (χ0) is 19.9. The number of carbonyl (C=O) groups excluding carboxylic acids is 2. The summed E-state index contributed by atoms with van der Waals surface area (Å²) in [5.41, 5.74) is 0.953. The first kappa shape index (κ1) is 19.8. The second-order valence-corrected chi connectivity index (χ2v) is 7.95. The van der Waals surface area contributed by atoms with Gasteiger partial charge in [0.15, 0.2) is 0 Å². The summed E-state index contributed by atoms with van der Waals surface area (Å²) in [7, 11) is 1.60. The molecule has 9 nitrogen and oxygen atoms in total. The van der Waals surface area contributed by atoms with E-state index in [0.717, 1.165) is 27.7 Å². The van der Waals surface area contributed by atoms with E-state index in [1.807, 2.05) is 24.3 Å². The van der Waals surface area contributed by atoms with Gasteiger partial charge in [-0.25, -0.2) is 0 Å². The number of ether oxygens (including phenoxy) is 1. The van der Waals surface area contributed by atoms with Crippen molar-refractivity contribution in [2.24, 2.45) is 0 Å². The first-order valence-electron chi connectivity index (χ1n) is 8.37. The quantitative estimate of drug-likeness (QED) is 0.575. The zero-order valence-corrected chi connectivity index (χ0v) is 16.9. The molecular weight excluding hydrogens is 400 g/mol. The highest BCUT2D eigenvalue weighted by Gasteiger charge is 2.15. The Balaban J connectivity index is 1.45. The molecule has 0 spiro atoms. The number of methoxy groups -OCH3 is 1. The summed E-state index contributed by atoms with van der Waals surface area (Å²) in [6, 6.07) is 7.51. The summed E-state index contributed by atoms with van der Waals surface area (Å²) in [5.74, 6) is 0.255. The molecule has 0 bridgehead atoms. The van der Waals surface area contributed by atoms with Crippen LogP contribution in [0.4, 0.5) is 5.13 Å². The van der Waals surface area contributed by atoms with Gasteiger partial charge in [-0.1, -0.05) is 34.8 Å². The van der Waals surface area contributed by atoms with Crippen molar-refractivity contribution in [2.75, 3.05) is 12.4 Å². The van der Waals surface area contributed by atoms with Crippen LogP contribution in [-0.2, 0) is 17.8 Å².